The predicted molar refractivity (Wildman–Crippen MR) is 103 cm³/mol. The normalized spacial score (nSPS) is 10.8. The predicted octanol–water partition coefficient (Wildman–Crippen LogP) is 4.39. The van der Waals surface area contributed by atoms with Crippen LogP contribution in [0.4, 0.5) is 5.69 Å². The maximum absolute atomic E-state index is 12.6. The first-order chi connectivity index (χ1) is 12.7. The molecule has 0 aliphatic heterocycles. The number of carbonyl (C=O) groups excluding carboxylic acids is 1. The molecule has 1 amide bonds. The molecule has 2 heterocycles. The lowest BCUT2D eigenvalue weighted by atomic mass is 10.2. The Bertz CT molecular complexity index is 1080. The van der Waals surface area contributed by atoms with E-state index in [1.807, 2.05) is 41.0 Å². The van der Waals surface area contributed by atoms with Gasteiger partial charge in [-0.15, -0.1) is 0 Å². The molecule has 2 aromatic heterocycles. The molecule has 0 saturated carbocycles. The third kappa shape index (κ3) is 3.30. The lowest BCUT2D eigenvalue weighted by Gasteiger charge is -2.10. The van der Waals surface area contributed by atoms with E-state index in [2.05, 4.69) is 10.3 Å². The number of pyridine rings is 1. The van der Waals surface area contributed by atoms with Crippen LogP contribution in [0.2, 0.25) is 5.02 Å². The molecule has 128 valence electrons. The lowest BCUT2D eigenvalue weighted by molar-refractivity contribution is -0.116. The summed E-state index contributed by atoms with van der Waals surface area (Å²) in [6.45, 7) is 0.144. The number of nitrogens with zero attached hydrogens (tertiary/aromatic N) is 3. The SMILES string of the molecule is O=C(Cn1c(-c2ccncc2)nc2ccccc21)Nc1cccc(Cl)c1. The molecule has 26 heavy (non-hydrogen) atoms. The summed E-state index contributed by atoms with van der Waals surface area (Å²) in [6.07, 6.45) is 3.43. The van der Waals surface area contributed by atoms with Crippen LogP contribution >= 0.6 is 11.6 Å². The number of amides is 1. The first kappa shape index (κ1) is 16.3. The van der Waals surface area contributed by atoms with Gasteiger partial charge in [-0.25, -0.2) is 4.98 Å². The van der Waals surface area contributed by atoms with Crippen molar-refractivity contribution in [2.24, 2.45) is 0 Å². The summed E-state index contributed by atoms with van der Waals surface area (Å²) in [7, 11) is 0. The van der Waals surface area contributed by atoms with Crippen LogP contribution in [0.3, 0.4) is 0 Å². The third-order valence-corrected chi connectivity index (χ3v) is 4.24. The molecule has 0 unspecified atom stereocenters. The van der Waals surface area contributed by atoms with Crippen molar-refractivity contribution in [3.8, 4) is 11.4 Å². The van der Waals surface area contributed by atoms with E-state index in [0.29, 0.717) is 10.7 Å². The zero-order chi connectivity index (χ0) is 17.9. The van der Waals surface area contributed by atoms with Gasteiger partial charge in [-0.05, 0) is 42.5 Å². The number of aromatic nitrogens is 3. The molecule has 0 aliphatic carbocycles. The highest BCUT2D eigenvalue weighted by molar-refractivity contribution is 6.30. The number of rotatable bonds is 4. The molecule has 2 aromatic carbocycles. The Kier molecular flexibility index (Phi) is 4.37. The van der Waals surface area contributed by atoms with Gasteiger partial charge in [-0.3, -0.25) is 9.78 Å². The van der Waals surface area contributed by atoms with Gasteiger partial charge in [0.05, 0.1) is 11.0 Å². The highest BCUT2D eigenvalue weighted by Gasteiger charge is 2.15. The molecule has 4 rings (SSSR count). The standard InChI is InChI=1S/C20H15ClN4O/c21-15-4-3-5-16(12-15)23-19(26)13-25-18-7-2-1-6-17(18)24-20(25)14-8-10-22-11-9-14/h1-12H,13H2,(H,23,26). The Hall–Kier alpha value is -3.18. The van der Waals surface area contributed by atoms with Crippen LogP contribution in [-0.4, -0.2) is 20.4 Å². The van der Waals surface area contributed by atoms with Crippen LogP contribution < -0.4 is 5.32 Å². The summed E-state index contributed by atoms with van der Waals surface area (Å²) in [5.41, 5.74) is 3.32. The molecule has 5 nitrogen and oxygen atoms in total. The van der Waals surface area contributed by atoms with Crippen LogP contribution in [0.15, 0.2) is 73.1 Å². The van der Waals surface area contributed by atoms with Crippen molar-refractivity contribution in [3.63, 3.8) is 0 Å². The van der Waals surface area contributed by atoms with E-state index in [9.17, 15) is 4.79 Å². The molecule has 0 saturated heterocycles. The van der Waals surface area contributed by atoms with Crippen molar-refractivity contribution in [2.75, 3.05) is 5.32 Å². The molecule has 0 atom stereocenters. The van der Waals surface area contributed by atoms with E-state index >= 15 is 0 Å². The zero-order valence-electron chi connectivity index (χ0n) is 13.8. The van der Waals surface area contributed by atoms with E-state index in [0.717, 1.165) is 22.4 Å². The number of imidazole rings is 1. The van der Waals surface area contributed by atoms with Crippen molar-refractivity contribution >= 4 is 34.2 Å². The van der Waals surface area contributed by atoms with E-state index in [1.54, 1.807) is 36.7 Å². The van der Waals surface area contributed by atoms with Gasteiger partial charge in [-0.1, -0.05) is 29.8 Å². The van der Waals surface area contributed by atoms with Gasteiger partial charge in [0.1, 0.15) is 12.4 Å². The number of nitrogens with one attached hydrogen (secondary N) is 1. The molecular formula is C20H15ClN4O. The van der Waals surface area contributed by atoms with Crippen LogP contribution in [-0.2, 0) is 11.3 Å². The maximum atomic E-state index is 12.6. The minimum atomic E-state index is -0.147. The fraction of sp³-hybridized carbons (Fsp3) is 0.0500. The van der Waals surface area contributed by atoms with Crippen molar-refractivity contribution in [1.82, 2.24) is 14.5 Å². The van der Waals surface area contributed by atoms with E-state index in [4.69, 9.17) is 16.6 Å². The number of anilines is 1. The zero-order valence-corrected chi connectivity index (χ0v) is 14.5. The number of fused-ring (bicyclic) bond motifs is 1. The summed E-state index contributed by atoms with van der Waals surface area (Å²) < 4.78 is 1.91. The summed E-state index contributed by atoms with van der Waals surface area (Å²) in [6, 6.07) is 18.6. The van der Waals surface area contributed by atoms with Crippen LogP contribution in [0.1, 0.15) is 0 Å². The molecule has 0 aliphatic rings. The first-order valence-electron chi connectivity index (χ1n) is 8.12. The van der Waals surface area contributed by atoms with Crippen molar-refractivity contribution in [2.45, 2.75) is 6.54 Å². The van der Waals surface area contributed by atoms with Crippen molar-refractivity contribution in [1.29, 1.82) is 0 Å². The molecule has 0 fully saturated rings. The largest absolute Gasteiger partial charge is 0.324 e. The summed E-state index contributed by atoms with van der Waals surface area (Å²) in [4.78, 5) is 21.3. The van der Waals surface area contributed by atoms with Gasteiger partial charge in [0.2, 0.25) is 5.91 Å². The van der Waals surface area contributed by atoms with E-state index in [1.165, 1.54) is 0 Å². The van der Waals surface area contributed by atoms with Gasteiger partial charge in [0.25, 0.3) is 0 Å². The van der Waals surface area contributed by atoms with Crippen LogP contribution in [0.5, 0.6) is 0 Å². The Morgan fingerprint density at radius 3 is 2.65 bits per heavy atom. The fourth-order valence-corrected chi connectivity index (χ4v) is 3.06. The first-order valence-corrected chi connectivity index (χ1v) is 8.49. The highest BCUT2D eigenvalue weighted by atomic mass is 35.5. The molecular weight excluding hydrogens is 348 g/mol. The molecule has 0 radical (unpaired) electrons. The van der Waals surface area contributed by atoms with Gasteiger partial charge in [0, 0.05) is 28.7 Å². The molecule has 6 heteroatoms. The minimum absolute atomic E-state index is 0.144. The van der Waals surface area contributed by atoms with E-state index in [-0.39, 0.29) is 12.5 Å². The number of hydrogen-bond acceptors (Lipinski definition) is 3. The summed E-state index contributed by atoms with van der Waals surface area (Å²) in [5.74, 6) is 0.584. The second-order valence-corrected chi connectivity index (χ2v) is 6.24. The van der Waals surface area contributed by atoms with Crippen molar-refractivity contribution < 1.29 is 4.79 Å². The molecule has 0 spiro atoms. The molecule has 0 bridgehead atoms. The van der Waals surface area contributed by atoms with E-state index < -0.39 is 0 Å². The quantitative estimate of drug-likeness (QED) is 0.585. The molecule has 4 aromatic rings. The summed E-state index contributed by atoms with van der Waals surface area (Å²) >= 11 is 5.98. The number of para-hydroxylation sites is 2. The number of halogens is 1. The van der Waals surface area contributed by atoms with Crippen molar-refractivity contribution in [3.05, 3.63) is 78.1 Å². The molecule has 1 N–H and O–H groups in total. The Morgan fingerprint density at radius 2 is 1.85 bits per heavy atom. The van der Waals surface area contributed by atoms with Gasteiger partial charge >= 0.3 is 0 Å². The second kappa shape index (κ2) is 6.98. The third-order valence-electron chi connectivity index (χ3n) is 4.00. The van der Waals surface area contributed by atoms with Gasteiger partial charge in [-0.2, -0.15) is 0 Å². The topological polar surface area (TPSA) is 59.8 Å². The van der Waals surface area contributed by atoms with Crippen LogP contribution in [0, 0.1) is 0 Å². The number of carbonyl (C=O) groups is 1. The average molecular weight is 363 g/mol. The van der Waals surface area contributed by atoms with Gasteiger partial charge < -0.3 is 9.88 Å². The second-order valence-electron chi connectivity index (χ2n) is 5.80. The average Bonchev–Trinajstić information content (AvgIpc) is 3.01. The Balaban J connectivity index is 1.70. The van der Waals surface area contributed by atoms with Gasteiger partial charge in [0.15, 0.2) is 0 Å². The smallest absolute Gasteiger partial charge is 0.244 e. The fourth-order valence-electron chi connectivity index (χ4n) is 2.87. The highest BCUT2D eigenvalue weighted by Crippen LogP contribution is 2.24. The summed E-state index contributed by atoms with van der Waals surface area (Å²) in [5, 5.41) is 3.46. The maximum Gasteiger partial charge on any atom is 0.244 e. The lowest BCUT2D eigenvalue weighted by Crippen LogP contribution is -2.19. The van der Waals surface area contributed by atoms with Crippen LogP contribution in [0.25, 0.3) is 22.4 Å². The minimum Gasteiger partial charge on any atom is -0.324 e. The number of benzene rings is 2. The Labute approximate surface area is 155 Å². The monoisotopic (exact) mass is 362 g/mol. The number of hydrogen-bond donors (Lipinski definition) is 1. The Morgan fingerprint density at radius 1 is 1.04 bits per heavy atom.